The molecular formula is C16H27N3O2. The monoisotopic (exact) mass is 293 g/mol. The molecule has 2 rings (SSSR count). The minimum atomic E-state index is -0.00699. The van der Waals surface area contributed by atoms with Gasteiger partial charge in [0, 0.05) is 13.1 Å². The molecule has 0 bridgehead atoms. The van der Waals surface area contributed by atoms with Crippen LogP contribution in [0, 0.1) is 0 Å². The zero-order valence-electron chi connectivity index (χ0n) is 13.2. The number of hydrazine groups is 1. The van der Waals surface area contributed by atoms with Crippen LogP contribution in [0.2, 0.25) is 0 Å². The van der Waals surface area contributed by atoms with E-state index in [0.29, 0.717) is 0 Å². The lowest BCUT2D eigenvalue weighted by Gasteiger charge is -2.36. The average molecular weight is 293 g/mol. The van der Waals surface area contributed by atoms with Crippen molar-refractivity contribution >= 4 is 0 Å². The fourth-order valence-electron chi connectivity index (χ4n) is 2.66. The predicted molar refractivity (Wildman–Crippen MR) is 84.1 cm³/mol. The van der Waals surface area contributed by atoms with Crippen molar-refractivity contribution in [2.24, 2.45) is 5.84 Å². The summed E-state index contributed by atoms with van der Waals surface area (Å²) in [6.07, 6.45) is 0.250. The summed E-state index contributed by atoms with van der Waals surface area (Å²) in [6, 6.07) is 8.07. The highest BCUT2D eigenvalue weighted by atomic mass is 16.5. The maximum Gasteiger partial charge on any atom is 0.119 e. The van der Waals surface area contributed by atoms with Gasteiger partial charge in [0.15, 0.2) is 0 Å². The smallest absolute Gasteiger partial charge is 0.119 e. The van der Waals surface area contributed by atoms with Gasteiger partial charge >= 0.3 is 0 Å². The Morgan fingerprint density at radius 2 is 2.10 bits per heavy atom. The Morgan fingerprint density at radius 1 is 1.38 bits per heavy atom. The van der Waals surface area contributed by atoms with E-state index in [0.717, 1.165) is 37.6 Å². The zero-order valence-corrected chi connectivity index (χ0v) is 13.2. The Kier molecular flexibility index (Phi) is 5.99. The Bertz CT molecular complexity index is 422. The third-order valence-corrected chi connectivity index (χ3v) is 3.79. The van der Waals surface area contributed by atoms with E-state index in [1.54, 1.807) is 0 Å². The fourth-order valence-corrected chi connectivity index (χ4v) is 2.66. The van der Waals surface area contributed by atoms with E-state index in [9.17, 15) is 0 Å². The maximum absolute atomic E-state index is 5.90. The molecule has 118 valence electrons. The molecule has 3 N–H and O–H groups in total. The lowest BCUT2D eigenvalue weighted by molar-refractivity contribution is -0.0456. The van der Waals surface area contributed by atoms with Gasteiger partial charge in [0.05, 0.1) is 24.9 Å². The summed E-state index contributed by atoms with van der Waals surface area (Å²) in [5.74, 6) is 6.64. The summed E-state index contributed by atoms with van der Waals surface area (Å²) in [6.45, 7) is 9.90. The van der Waals surface area contributed by atoms with Gasteiger partial charge in [-0.25, -0.2) is 0 Å². The highest BCUT2D eigenvalue weighted by molar-refractivity contribution is 5.30. The molecule has 0 spiro atoms. The van der Waals surface area contributed by atoms with E-state index < -0.39 is 0 Å². The van der Waals surface area contributed by atoms with Crippen molar-refractivity contribution in [3.05, 3.63) is 29.8 Å². The number of nitrogens with one attached hydrogen (secondary N) is 1. The first-order valence-electron chi connectivity index (χ1n) is 7.70. The molecule has 0 aliphatic carbocycles. The van der Waals surface area contributed by atoms with Crippen LogP contribution in [0.15, 0.2) is 24.3 Å². The molecule has 1 aromatic rings. The molecule has 0 saturated carbocycles. The summed E-state index contributed by atoms with van der Waals surface area (Å²) in [4.78, 5) is 2.38. The number of nitrogens with zero attached hydrogens (tertiary/aromatic N) is 1. The van der Waals surface area contributed by atoms with Crippen molar-refractivity contribution in [2.75, 3.05) is 26.2 Å². The molecule has 1 saturated heterocycles. The Labute approximate surface area is 127 Å². The van der Waals surface area contributed by atoms with Crippen LogP contribution in [-0.2, 0) is 4.74 Å². The van der Waals surface area contributed by atoms with E-state index in [2.05, 4.69) is 29.4 Å². The highest BCUT2D eigenvalue weighted by Crippen LogP contribution is 2.24. The Hall–Kier alpha value is -1.14. The number of nitrogens with two attached hydrogens (primary N) is 1. The topological polar surface area (TPSA) is 59.8 Å². The number of likely N-dealkylation sites (N-methyl/N-ethyl adjacent to an activating group) is 1. The third kappa shape index (κ3) is 4.41. The first-order valence-corrected chi connectivity index (χ1v) is 7.70. The fraction of sp³-hybridized carbons (Fsp3) is 0.625. The van der Waals surface area contributed by atoms with Gasteiger partial charge in [-0.1, -0.05) is 19.1 Å². The van der Waals surface area contributed by atoms with Gasteiger partial charge in [0.2, 0.25) is 0 Å². The number of benzene rings is 1. The van der Waals surface area contributed by atoms with Gasteiger partial charge in [-0.05, 0) is 38.1 Å². The number of hydrogen-bond acceptors (Lipinski definition) is 5. The Morgan fingerprint density at radius 3 is 2.67 bits per heavy atom. The molecule has 0 aromatic heterocycles. The summed E-state index contributed by atoms with van der Waals surface area (Å²) in [5, 5.41) is 0. The first kappa shape index (κ1) is 16.2. The van der Waals surface area contributed by atoms with Crippen LogP contribution < -0.4 is 16.0 Å². The SMILES string of the molecule is CCN1CCOC(C(NN)c2ccc(OC(C)C)cc2)C1. The molecule has 5 heteroatoms. The minimum Gasteiger partial charge on any atom is -0.491 e. The lowest BCUT2D eigenvalue weighted by Crippen LogP contribution is -2.49. The van der Waals surface area contributed by atoms with E-state index >= 15 is 0 Å². The van der Waals surface area contributed by atoms with Crippen molar-refractivity contribution in [3.8, 4) is 5.75 Å². The summed E-state index contributed by atoms with van der Waals surface area (Å²) in [5.41, 5.74) is 4.02. The highest BCUT2D eigenvalue weighted by Gasteiger charge is 2.28. The molecule has 2 atom stereocenters. The normalized spacial score (nSPS) is 21.5. The van der Waals surface area contributed by atoms with Gasteiger partial charge < -0.3 is 9.47 Å². The van der Waals surface area contributed by atoms with E-state index in [-0.39, 0.29) is 18.2 Å². The minimum absolute atomic E-state index is 0.00699. The Balaban J connectivity index is 2.06. The van der Waals surface area contributed by atoms with Crippen LogP contribution in [0.4, 0.5) is 0 Å². The van der Waals surface area contributed by atoms with Gasteiger partial charge in [-0.3, -0.25) is 16.2 Å². The second-order valence-electron chi connectivity index (χ2n) is 5.68. The number of ether oxygens (including phenoxy) is 2. The van der Waals surface area contributed by atoms with Gasteiger partial charge in [-0.2, -0.15) is 0 Å². The van der Waals surface area contributed by atoms with E-state index in [1.165, 1.54) is 0 Å². The predicted octanol–water partition coefficient (Wildman–Crippen LogP) is 1.70. The van der Waals surface area contributed by atoms with Crippen molar-refractivity contribution in [1.82, 2.24) is 10.3 Å². The van der Waals surface area contributed by atoms with Crippen LogP contribution in [0.5, 0.6) is 5.75 Å². The summed E-state index contributed by atoms with van der Waals surface area (Å²) in [7, 11) is 0. The van der Waals surface area contributed by atoms with Crippen molar-refractivity contribution in [3.63, 3.8) is 0 Å². The standard InChI is InChI=1S/C16H27N3O2/c1-4-19-9-10-20-15(11-19)16(18-17)13-5-7-14(8-6-13)21-12(2)3/h5-8,12,15-16,18H,4,9-11,17H2,1-3H3. The van der Waals surface area contributed by atoms with Crippen molar-refractivity contribution in [2.45, 2.75) is 39.0 Å². The van der Waals surface area contributed by atoms with Crippen LogP contribution in [0.3, 0.4) is 0 Å². The second-order valence-corrected chi connectivity index (χ2v) is 5.68. The van der Waals surface area contributed by atoms with Crippen molar-refractivity contribution < 1.29 is 9.47 Å². The lowest BCUT2D eigenvalue weighted by atomic mass is 10.0. The molecule has 1 heterocycles. The first-order chi connectivity index (χ1) is 10.1. The van der Waals surface area contributed by atoms with Gasteiger partial charge in [0.1, 0.15) is 5.75 Å². The molecular weight excluding hydrogens is 266 g/mol. The number of hydrogen-bond donors (Lipinski definition) is 2. The molecule has 1 fully saturated rings. The molecule has 5 nitrogen and oxygen atoms in total. The van der Waals surface area contributed by atoms with Gasteiger partial charge in [0.25, 0.3) is 0 Å². The van der Waals surface area contributed by atoms with Gasteiger partial charge in [-0.15, -0.1) is 0 Å². The summed E-state index contributed by atoms with van der Waals surface area (Å²) >= 11 is 0. The molecule has 1 aromatic carbocycles. The number of rotatable bonds is 6. The van der Waals surface area contributed by atoms with Crippen LogP contribution in [-0.4, -0.2) is 43.3 Å². The number of morpholine rings is 1. The molecule has 21 heavy (non-hydrogen) atoms. The molecule has 0 amide bonds. The van der Waals surface area contributed by atoms with E-state index in [4.69, 9.17) is 15.3 Å². The molecule has 2 unspecified atom stereocenters. The third-order valence-electron chi connectivity index (χ3n) is 3.79. The zero-order chi connectivity index (χ0) is 15.2. The second kappa shape index (κ2) is 7.75. The molecule has 1 aliphatic heterocycles. The van der Waals surface area contributed by atoms with Crippen molar-refractivity contribution in [1.29, 1.82) is 0 Å². The largest absolute Gasteiger partial charge is 0.491 e. The summed E-state index contributed by atoms with van der Waals surface area (Å²) < 4.78 is 11.6. The average Bonchev–Trinajstić information content (AvgIpc) is 2.49. The molecule has 0 radical (unpaired) electrons. The van der Waals surface area contributed by atoms with Crippen LogP contribution >= 0.6 is 0 Å². The van der Waals surface area contributed by atoms with E-state index in [1.807, 2.05) is 26.0 Å². The maximum atomic E-state index is 5.90. The quantitative estimate of drug-likeness (QED) is 0.617. The van der Waals surface area contributed by atoms with Crippen LogP contribution in [0.25, 0.3) is 0 Å². The van der Waals surface area contributed by atoms with Crippen LogP contribution in [0.1, 0.15) is 32.4 Å². The molecule has 1 aliphatic rings.